The number of anilines is 1. The molecular weight excluding hydrogens is 208 g/mol. The van der Waals surface area contributed by atoms with Crippen LogP contribution >= 0.6 is 0 Å². The summed E-state index contributed by atoms with van der Waals surface area (Å²) in [6.07, 6.45) is 2.25. The van der Waals surface area contributed by atoms with Gasteiger partial charge >= 0.3 is 0 Å². The van der Waals surface area contributed by atoms with Gasteiger partial charge in [-0.1, -0.05) is 43.3 Å². The quantitative estimate of drug-likeness (QED) is 0.853. The van der Waals surface area contributed by atoms with Crippen LogP contribution in [0.25, 0.3) is 10.8 Å². The summed E-state index contributed by atoms with van der Waals surface area (Å²) in [5.41, 5.74) is 9.01. The average Bonchev–Trinajstić information content (AvgIpc) is 2.82. The standard InChI is InChI=1S/C15H18N2/c1-2-14(16)17-10-9-12-8-7-11-5-3-4-6-13(11)15(12)17/h3-8,14H,2,9-10,16H2,1H3/t14-/m1/s1. The van der Waals surface area contributed by atoms with E-state index in [1.807, 2.05) is 0 Å². The monoisotopic (exact) mass is 226 g/mol. The molecule has 0 saturated carbocycles. The molecule has 1 heterocycles. The third-order valence-corrected chi connectivity index (χ3v) is 3.71. The number of nitrogens with zero attached hydrogens (tertiary/aromatic N) is 1. The number of benzene rings is 2. The third-order valence-electron chi connectivity index (χ3n) is 3.71. The van der Waals surface area contributed by atoms with Crippen LogP contribution < -0.4 is 10.6 Å². The van der Waals surface area contributed by atoms with E-state index in [-0.39, 0.29) is 6.17 Å². The SMILES string of the molecule is CC[C@H](N)N1CCc2ccc3ccccc3c21. The van der Waals surface area contributed by atoms with Gasteiger partial charge in [-0.25, -0.2) is 0 Å². The summed E-state index contributed by atoms with van der Waals surface area (Å²) >= 11 is 0. The van der Waals surface area contributed by atoms with Crippen molar-refractivity contribution in [3.63, 3.8) is 0 Å². The second kappa shape index (κ2) is 4.04. The number of hydrogen-bond donors (Lipinski definition) is 1. The molecule has 88 valence electrons. The second-order valence-corrected chi connectivity index (χ2v) is 4.71. The van der Waals surface area contributed by atoms with E-state index in [1.54, 1.807) is 0 Å². The molecule has 0 aromatic heterocycles. The lowest BCUT2D eigenvalue weighted by molar-refractivity contribution is 0.611. The zero-order chi connectivity index (χ0) is 11.8. The van der Waals surface area contributed by atoms with Gasteiger partial charge < -0.3 is 10.6 Å². The zero-order valence-corrected chi connectivity index (χ0v) is 10.2. The molecule has 0 fully saturated rings. The van der Waals surface area contributed by atoms with Crippen molar-refractivity contribution in [2.24, 2.45) is 5.73 Å². The van der Waals surface area contributed by atoms with Crippen molar-refractivity contribution in [2.75, 3.05) is 11.4 Å². The van der Waals surface area contributed by atoms with E-state index in [9.17, 15) is 0 Å². The molecule has 1 aliphatic heterocycles. The molecule has 3 rings (SSSR count). The zero-order valence-electron chi connectivity index (χ0n) is 10.2. The Balaban J connectivity index is 2.20. The van der Waals surface area contributed by atoms with Crippen LogP contribution in [0, 0.1) is 0 Å². The van der Waals surface area contributed by atoms with E-state index in [1.165, 1.54) is 22.0 Å². The summed E-state index contributed by atoms with van der Waals surface area (Å²) in [6, 6.07) is 13.0. The summed E-state index contributed by atoms with van der Waals surface area (Å²) in [5.74, 6) is 0. The van der Waals surface area contributed by atoms with Crippen LogP contribution in [-0.2, 0) is 6.42 Å². The summed E-state index contributed by atoms with van der Waals surface area (Å²) in [7, 11) is 0. The van der Waals surface area contributed by atoms with Crippen molar-refractivity contribution < 1.29 is 0 Å². The van der Waals surface area contributed by atoms with Gasteiger partial charge in [-0.15, -0.1) is 0 Å². The van der Waals surface area contributed by atoms with Gasteiger partial charge in [0.1, 0.15) is 0 Å². The van der Waals surface area contributed by atoms with Gasteiger partial charge in [0.25, 0.3) is 0 Å². The lowest BCUT2D eigenvalue weighted by atomic mass is 10.0. The Morgan fingerprint density at radius 2 is 2.06 bits per heavy atom. The lowest BCUT2D eigenvalue weighted by Crippen LogP contribution is -2.40. The fourth-order valence-corrected chi connectivity index (χ4v) is 2.75. The minimum absolute atomic E-state index is 0.141. The largest absolute Gasteiger partial charge is 0.355 e. The van der Waals surface area contributed by atoms with Crippen LogP contribution in [0.4, 0.5) is 5.69 Å². The van der Waals surface area contributed by atoms with Gasteiger partial charge in [0.2, 0.25) is 0 Å². The maximum absolute atomic E-state index is 6.21. The first-order valence-corrected chi connectivity index (χ1v) is 6.34. The van der Waals surface area contributed by atoms with Crippen molar-refractivity contribution in [1.29, 1.82) is 0 Å². The van der Waals surface area contributed by atoms with Gasteiger partial charge in [-0.3, -0.25) is 0 Å². The molecule has 2 nitrogen and oxygen atoms in total. The molecule has 0 amide bonds. The highest BCUT2D eigenvalue weighted by Crippen LogP contribution is 2.36. The molecule has 1 atom stereocenters. The van der Waals surface area contributed by atoms with Crippen LogP contribution in [-0.4, -0.2) is 12.7 Å². The normalized spacial score (nSPS) is 16.2. The van der Waals surface area contributed by atoms with E-state index in [2.05, 4.69) is 48.2 Å². The number of fused-ring (bicyclic) bond motifs is 3. The van der Waals surface area contributed by atoms with Crippen LogP contribution in [0.2, 0.25) is 0 Å². The molecular formula is C15H18N2. The van der Waals surface area contributed by atoms with E-state index >= 15 is 0 Å². The predicted molar refractivity (Wildman–Crippen MR) is 73.3 cm³/mol. The lowest BCUT2D eigenvalue weighted by Gasteiger charge is -2.27. The minimum Gasteiger partial charge on any atom is -0.355 e. The second-order valence-electron chi connectivity index (χ2n) is 4.71. The van der Waals surface area contributed by atoms with Crippen molar-refractivity contribution in [2.45, 2.75) is 25.9 Å². The summed E-state index contributed by atoms with van der Waals surface area (Å²) in [5, 5.41) is 2.65. The maximum atomic E-state index is 6.21. The summed E-state index contributed by atoms with van der Waals surface area (Å²) < 4.78 is 0. The Kier molecular flexibility index (Phi) is 2.52. The van der Waals surface area contributed by atoms with Crippen LogP contribution in [0.1, 0.15) is 18.9 Å². The smallest absolute Gasteiger partial charge is 0.0768 e. The molecule has 0 aliphatic carbocycles. The third kappa shape index (κ3) is 1.60. The molecule has 17 heavy (non-hydrogen) atoms. The highest BCUT2D eigenvalue weighted by atomic mass is 15.2. The molecule has 1 aliphatic rings. The van der Waals surface area contributed by atoms with E-state index in [0.717, 1.165) is 19.4 Å². The molecule has 0 saturated heterocycles. The Morgan fingerprint density at radius 3 is 2.88 bits per heavy atom. The van der Waals surface area contributed by atoms with Gasteiger partial charge in [-0.2, -0.15) is 0 Å². The van der Waals surface area contributed by atoms with E-state index in [0.29, 0.717) is 0 Å². The highest BCUT2D eigenvalue weighted by Gasteiger charge is 2.24. The van der Waals surface area contributed by atoms with Crippen molar-refractivity contribution in [3.8, 4) is 0 Å². The number of hydrogen-bond acceptors (Lipinski definition) is 2. The fourth-order valence-electron chi connectivity index (χ4n) is 2.75. The molecule has 2 heteroatoms. The van der Waals surface area contributed by atoms with Crippen LogP contribution in [0.15, 0.2) is 36.4 Å². The van der Waals surface area contributed by atoms with Crippen molar-refractivity contribution in [1.82, 2.24) is 0 Å². The van der Waals surface area contributed by atoms with Gasteiger partial charge in [-0.05, 0) is 23.8 Å². The Morgan fingerprint density at radius 1 is 1.24 bits per heavy atom. The average molecular weight is 226 g/mol. The number of rotatable bonds is 2. The molecule has 2 aromatic rings. The molecule has 0 spiro atoms. The highest BCUT2D eigenvalue weighted by molar-refractivity contribution is 5.97. The topological polar surface area (TPSA) is 29.3 Å². The fraction of sp³-hybridized carbons (Fsp3) is 0.333. The molecule has 2 aromatic carbocycles. The van der Waals surface area contributed by atoms with Gasteiger partial charge in [0.15, 0.2) is 0 Å². The van der Waals surface area contributed by atoms with Crippen molar-refractivity contribution >= 4 is 16.5 Å². The Bertz CT molecular complexity index is 548. The number of nitrogens with two attached hydrogens (primary N) is 1. The van der Waals surface area contributed by atoms with Crippen LogP contribution in [0.3, 0.4) is 0 Å². The Labute approximate surface area is 102 Å². The molecule has 0 bridgehead atoms. The summed E-state index contributed by atoms with van der Waals surface area (Å²) in [4.78, 5) is 2.36. The molecule has 0 radical (unpaired) electrons. The Hall–Kier alpha value is -1.54. The van der Waals surface area contributed by atoms with E-state index < -0.39 is 0 Å². The first-order chi connectivity index (χ1) is 8.31. The van der Waals surface area contributed by atoms with E-state index in [4.69, 9.17) is 5.73 Å². The van der Waals surface area contributed by atoms with Gasteiger partial charge in [0, 0.05) is 17.6 Å². The van der Waals surface area contributed by atoms with Crippen LogP contribution in [0.5, 0.6) is 0 Å². The van der Waals surface area contributed by atoms with Crippen molar-refractivity contribution in [3.05, 3.63) is 42.0 Å². The van der Waals surface area contributed by atoms with Gasteiger partial charge in [0.05, 0.1) is 6.17 Å². The molecule has 2 N–H and O–H groups in total. The molecule has 0 unspecified atom stereocenters. The summed E-state index contributed by atoms with van der Waals surface area (Å²) in [6.45, 7) is 3.20. The first kappa shape index (κ1) is 10.6. The first-order valence-electron chi connectivity index (χ1n) is 6.34. The maximum Gasteiger partial charge on any atom is 0.0768 e. The predicted octanol–water partition coefficient (Wildman–Crippen LogP) is 2.90. The minimum atomic E-state index is 0.141.